The third-order valence-corrected chi connectivity index (χ3v) is 9.48. The Balaban J connectivity index is 0.929. The second-order valence-corrected chi connectivity index (χ2v) is 12.8. The number of imide groups is 2. The summed E-state index contributed by atoms with van der Waals surface area (Å²) in [5.74, 6) is -1.52. The van der Waals surface area contributed by atoms with Crippen molar-refractivity contribution in [2.75, 3.05) is 11.9 Å². The predicted molar refractivity (Wildman–Crippen MR) is 160 cm³/mol. The van der Waals surface area contributed by atoms with Crippen molar-refractivity contribution in [3.05, 3.63) is 59.7 Å². The summed E-state index contributed by atoms with van der Waals surface area (Å²) in [6, 6.07) is 5.76. The molecule has 0 bridgehead atoms. The predicted octanol–water partition coefficient (Wildman–Crippen LogP) is 4.20. The Kier molecular flexibility index (Phi) is 6.70. The van der Waals surface area contributed by atoms with Crippen LogP contribution in [0.15, 0.2) is 42.9 Å². The van der Waals surface area contributed by atoms with Gasteiger partial charge in [0.15, 0.2) is 0 Å². The molecule has 1 saturated heterocycles. The van der Waals surface area contributed by atoms with Gasteiger partial charge in [-0.2, -0.15) is 23.4 Å². The van der Waals surface area contributed by atoms with Crippen molar-refractivity contribution in [3.8, 4) is 11.3 Å². The van der Waals surface area contributed by atoms with Gasteiger partial charge in [-0.25, -0.2) is 0 Å². The van der Waals surface area contributed by atoms with Gasteiger partial charge < -0.3 is 5.32 Å². The number of carbonyl (C=O) groups excluding carboxylic acids is 4. The van der Waals surface area contributed by atoms with Crippen LogP contribution in [-0.4, -0.2) is 71.8 Å². The molecule has 242 valence electrons. The summed E-state index contributed by atoms with van der Waals surface area (Å²) < 4.78 is 42.2. The Morgan fingerprint density at radius 1 is 0.957 bits per heavy atom. The van der Waals surface area contributed by atoms with Gasteiger partial charge in [0, 0.05) is 47.9 Å². The van der Waals surface area contributed by atoms with Gasteiger partial charge in [0.25, 0.3) is 11.8 Å². The van der Waals surface area contributed by atoms with Crippen LogP contribution >= 0.6 is 0 Å². The van der Waals surface area contributed by atoms with E-state index >= 15 is 0 Å². The molecule has 5 heterocycles. The van der Waals surface area contributed by atoms with Crippen LogP contribution < -0.4 is 10.6 Å². The van der Waals surface area contributed by atoms with Crippen molar-refractivity contribution >= 4 is 40.2 Å². The molecule has 3 fully saturated rings. The van der Waals surface area contributed by atoms with E-state index in [1.807, 2.05) is 10.9 Å². The fraction of sp³-hybridized carbons (Fsp3) is 0.406. The number of amides is 4. The van der Waals surface area contributed by atoms with E-state index < -0.39 is 42.4 Å². The molecule has 2 aliphatic heterocycles. The molecule has 47 heavy (non-hydrogen) atoms. The average Bonchev–Trinajstić information content (AvgIpc) is 3.57. The van der Waals surface area contributed by atoms with E-state index in [2.05, 4.69) is 20.7 Å². The molecule has 2 saturated carbocycles. The van der Waals surface area contributed by atoms with Crippen LogP contribution in [0.4, 0.5) is 18.9 Å². The molecule has 0 spiro atoms. The molecule has 12 nitrogen and oxygen atoms in total. The smallest absolute Gasteiger partial charge is 0.385 e. The van der Waals surface area contributed by atoms with Crippen molar-refractivity contribution < 1.29 is 32.3 Å². The maximum atomic E-state index is 13.1. The minimum Gasteiger partial charge on any atom is -0.385 e. The van der Waals surface area contributed by atoms with Crippen LogP contribution in [0.3, 0.4) is 0 Å². The van der Waals surface area contributed by atoms with Crippen molar-refractivity contribution in [3.63, 3.8) is 0 Å². The second-order valence-electron chi connectivity index (χ2n) is 12.8. The molecule has 3 aromatic heterocycles. The number of benzene rings is 1. The van der Waals surface area contributed by atoms with E-state index in [9.17, 15) is 32.3 Å². The highest BCUT2D eigenvalue weighted by Gasteiger charge is 2.45. The molecule has 4 aliphatic rings. The number of anilines is 1. The summed E-state index contributed by atoms with van der Waals surface area (Å²) in [6.07, 6.45) is 4.40. The summed E-state index contributed by atoms with van der Waals surface area (Å²) in [6.45, 7) is -0.536. The number of halogens is 3. The number of hydrogen-bond acceptors (Lipinski definition) is 8. The largest absolute Gasteiger partial charge is 0.408 e. The molecule has 2 aliphatic carbocycles. The third kappa shape index (κ3) is 5.32. The third-order valence-electron chi connectivity index (χ3n) is 9.48. The van der Waals surface area contributed by atoms with Crippen molar-refractivity contribution in [2.24, 2.45) is 5.92 Å². The number of piperidine rings is 1. The zero-order valence-electron chi connectivity index (χ0n) is 25.0. The Bertz CT molecular complexity index is 1970. The minimum atomic E-state index is -4.39. The standard InChI is InChI=1S/C32H29F3N8O4/c33-32(34,35)15-42-26-10-24(37-12-18(26)13-38-42)23-14-41(40-28(23)17-1-2-17)20-7-16(8-20)11-36-19-3-4-21-22(9-19)31(47)43(30(21)46)25-5-6-27(44)39-29(25)45/h3-4,9-10,12-14,16-17,20,25,36H,1-2,5-8,11,15H2,(H,39,44,45). The van der Waals surface area contributed by atoms with E-state index in [0.29, 0.717) is 40.7 Å². The summed E-state index contributed by atoms with van der Waals surface area (Å²) in [5.41, 5.74) is 3.84. The molecule has 4 amide bonds. The summed E-state index contributed by atoms with van der Waals surface area (Å²) in [7, 11) is 0. The van der Waals surface area contributed by atoms with Gasteiger partial charge in [-0.15, -0.1) is 0 Å². The van der Waals surface area contributed by atoms with Crippen LogP contribution in [0.2, 0.25) is 0 Å². The van der Waals surface area contributed by atoms with Gasteiger partial charge in [-0.1, -0.05) is 0 Å². The van der Waals surface area contributed by atoms with E-state index in [-0.39, 0.29) is 30.0 Å². The fourth-order valence-electron chi connectivity index (χ4n) is 6.79. The minimum absolute atomic E-state index is 0.0607. The van der Waals surface area contributed by atoms with E-state index in [0.717, 1.165) is 46.5 Å². The van der Waals surface area contributed by atoms with Crippen LogP contribution in [0.25, 0.3) is 22.2 Å². The highest BCUT2D eigenvalue weighted by atomic mass is 19.4. The normalized spacial score (nSPS) is 22.9. The molecule has 1 aromatic carbocycles. The number of nitrogens with one attached hydrogen (secondary N) is 2. The lowest BCUT2D eigenvalue weighted by molar-refractivity contribution is -0.142. The molecular formula is C32H29F3N8O4. The molecule has 1 unspecified atom stereocenters. The van der Waals surface area contributed by atoms with Gasteiger partial charge in [-0.05, 0) is 62.3 Å². The van der Waals surface area contributed by atoms with E-state index in [4.69, 9.17) is 5.10 Å². The summed E-state index contributed by atoms with van der Waals surface area (Å²) in [5, 5.41) is 14.9. The van der Waals surface area contributed by atoms with Crippen LogP contribution in [0.5, 0.6) is 0 Å². The van der Waals surface area contributed by atoms with Gasteiger partial charge in [-0.3, -0.25) is 43.7 Å². The molecular weight excluding hydrogens is 617 g/mol. The lowest BCUT2D eigenvalue weighted by Crippen LogP contribution is -2.54. The van der Waals surface area contributed by atoms with Gasteiger partial charge in [0.2, 0.25) is 11.8 Å². The molecule has 1 atom stereocenters. The molecule has 8 rings (SSSR count). The number of aromatic nitrogens is 5. The van der Waals surface area contributed by atoms with E-state index in [1.165, 1.54) is 6.20 Å². The molecule has 15 heteroatoms. The zero-order valence-corrected chi connectivity index (χ0v) is 25.0. The monoisotopic (exact) mass is 646 g/mol. The van der Waals surface area contributed by atoms with Crippen LogP contribution in [-0.2, 0) is 16.1 Å². The van der Waals surface area contributed by atoms with Crippen molar-refractivity contribution in [2.45, 2.75) is 69.2 Å². The first-order valence-electron chi connectivity index (χ1n) is 15.6. The molecule has 4 aromatic rings. The fourth-order valence-corrected chi connectivity index (χ4v) is 6.79. The molecule has 2 N–H and O–H groups in total. The van der Waals surface area contributed by atoms with Gasteiger partial charge in [0.05, 0.1) is 40.3 Å². The highest BCUT2D eigenvalue weighted by molar-refractivity contribution is 6.23. The van der Waals surface area contributed by atoms with Crippen LogP contribution in [0.1, 0.15) is 76.9 Å². The topological polar surface area (TPSA) is 144 Å². The second kappa shape index (κ2) is 10.7. The number of rotatable bonds is 8. The Morgan fingerprint density at radius 3 is 2.49 bits per heavy atom. The van der Waals surface area contributed by atoms with Gasteiger partial charge >= 0.3 is 6.18 Å². The molecule has 0 radical (unpaired) electrons. The zero-order chi connectivity index (χ0) is 32.6. The number of pyridine rings is 1. The van der Waals surface area contributed by atoms with Crippen molar-refractivity contribution in [1.82, 2.24) is 34.8 Å². The summed E-state index contributed by atoms with van der Waals surface area (Å²) in [4.78, 5) is 55.5. The maximum absolute atomic E-state index is 13.1. The quantitative estimate of drug-likeness (QED) is 0.271. The average molecular weight is 647 g/mol. The first-order chi connectivity index (χ1) is 22.5. The maximum Gasteiger partial charge on any atom is 0.408 e. The van der Waals surface area contributed by atoms with Gasteiger partial charge in [0.1, 0.15) is 12.6 Å². The number of fused-ring (bicyclic) bond motifs is 2. The lowest BCUT2D eigenvalue weighted by atomic mass is 9.80. The SMILES string of the molecule is O=C1CCC(N2C(=O)c3ccc(NCC4CC(n5cc(-c6cc7c(cn6)cnn7CC(F)(F)F)c(C6CC6)n5)C4)cc3C2=O)C(=O)N1. The Morgan fingerprint density at radius 2 is 1.74 bits per heavy atom. The Hall–Kier alpha value is -5.08. The lowest BCUT2D eigenvalue weighted by Gasteiger charge is -2.35. The highest BCUT2D eigenvalue weighted by Crippen LogP contribution is 2.46. The number of nitrogens with zero attached hydrogens (tertiary/aromatic N) is 6. The van der Waals surface area contributed by atoms with E-state index in [1.54, 1.807) is 30.5 Å². The Labute approximate surface area is 265 Å². The summed E-state index contributed by atoms with van der Waals surface area (Å²) >= 11 is 0. The van der Waals surface area contributed by atoms with Crippen molar-refractivity contribution in [1.29, 1.82) is 0 Å². The number of carbonyl (C=O) groups is 4. The van der Waals surface area contributed by atoms with Crippen LogP contribution in [0, 0.1) is 5.92 Å². The first kappa shape index (κ1) is 29.3. The number of alkyl halides is 3. The first-order valence-corrected chi connectivity index (χ1v) is 15.6. The number of hydrogen-bond donors (Lipinski definition) is 2.